The second kappa shape index (κ2) is 5.02. The lowest BCUT2D eigenvalue weighted by Crippen LogP contribution is -2.21. The summed E-state index contributed by atoms with van der Waals surface area (Å²) in [4.78, 5) is 0. The minimum atomic E-state index is -0.249. The predicted octanol–water partition coefficient (Wildman–Crippen LogP) is 1.57. The van der Waals surface area contributed by atoms with Gasteiger partial charge in [-0.05, 0) is 30.8 Å². The Kier molecular flexibility index (Phi) is 3.22. The molecule has 0 radical (unpaired) electrons. The Hall–Kier alpha value is -1.86. The lowest BCUT2D eigenvalue weighted by molar-refractivity contribution is 0.627. The highest BCUT2D eigenvalue weighted by Crippen LogP contribution is 2.28. The van der Waals surface area contributed by atoms with Gasteiger partial charge in [0.2, 0.25) is 5.16 Å². The molecule has 0 bridgehead atoms. The molecule has 3 rings (SSSR count). The number of thioether (sulfide) groups is 1. The van der Waals surface area contributed by atoms with Crippen molar-refractivity contribution in [1.29, 1.82) is 0 Å². The largest absolute Gasteiger partial charge is 0.330 e. The van der Waals surface area contributed by atoms with Crippen LogP contribution in [0.3, 0.4) is 0 Å². The van der Waals surface area contributed by atoms with Crippen LogP contribution in [0, 0.1) is 5.82 Å². The van der Waals surface area contributed by atoms with Crippen LogP contribution in [-0.2, 0) is 6.42 Å². The minimum absolute atomic E-state index is 0.249. The molecule has 0 spiro atoms. The lowest BCUT2D eigenvalue weighted by atomic mass is 10.2. The van der Waals surface area contributed by atoms with Crippen LogP contribution in [0.25, 0.3) is 5.70 Å². The van der Waals surface area contributed by atoms with Gasteiger partial charge in [0.1, 0.15) is 5.82 Å². The minimum Gasteiger partial charge on any atom is -0.330 e. The van der Waals surface area contributed by atoms with Crippen LogP contribution in [0.2, 0.25) is 0 Å². The molecule has 0 saturated carbocycles. The summed E-state index contributed by atoms with van der Waals surface area (Å²) in [6.45, 7) is 0.514. The zero-order valence-corrected chi connectivity index (χ0v) is 10.8. The van der Waals surface area contributed by atoms with Crippen LogP contribution in [-0.4, -0.2) is 21.4 Å². The van der Waals surface area contributed by atoms with Crippen molar-refractivity contribution in [2.45, 2.75) is 11.6 Å². The normalized spacial score (nSPS) is 13.7. The molecule has 2 aromatic rings. The highest BCUT2D eigenvalue weighted by atomic mass is 32.2. The van der Waals surface area contributed by atoms with E-state index in [1.165, 1.54) is 23.9 Å². The van der Waals surface area contributed by atoms with E-state index >= 15 is 0 Å². The van der Waals surface area contributed by atoms with Gasteiger partial charge in [0.15, 0.2) is 5.82 Å². The fourth-order valence-electron chi connectivity index (χ4n) is 1.80. The first kappa shape index (κ1) is 12.2. The topological polar surface area (TPSA) is 68.8 Å². The highest BCUT2D eigenvalue weighted by Gasteiger charge is 2.17. The molecule has 1 aromatic carbocycles. The summed E-state index contributed by atoms with van der Waals surface area (Å²) in [5.41, 5.74) is 10.6. The third-order valence-electron chi connectivity index (χ3n) is 2.74. The van der Waals surface area contributed by atoms with Crippen LogP contribution in [0.15, 0.2) is 34.8 Å². The summed E-state index contributed by atoms with van der Waals surface area (Å²) >= 11 is 1.47. The quantitative estimate of drug-likeness (QED) is 0.891. The van der Waals surface area contributed by atoms with E-state index in [0.717, 1.165) is 22.2 Å². The number of halogens is 1. The Bertz CT molecular complexity index is 620. The van der Waals surface area contributed by atoms with E-state index in [1.54, 1.807) is 12.1 Å². The third-order valence-corrected chi connectivity index (χ3v) is 3.57. The number of nitrogens with one attached hydrogen (secondary N) is 1. The molecular weight excluding hydrogens is 265 g/mol. The number of aromatic nitrogens is 3. The Morgan fingerprint density at radius 3 is 2.79 bits per heavy atom. The fourth-order valence-corrected chi connectivity index (χ4v) is 2.56. The van der Waals surface area contributed by atoms with Gasteiger partial charge in [-0.1, -0.05) is 11.8 Å². The summed E-state index contributed by atoms with van der Waals surface area (Å²) < 4.78 is 14.7. The molecule has 98 valence electrons. The molecule has 1 aliphatic heterocycles. The summed E-state index contributed by atoms with van der Waals surface area (Å²) in [6, 6.07) is 6.33. The number of nitrogens with zero attached hydrogens (tertiary/aromatic N) is 3. The standard InChI is InChI=1S/C12H12FN5S/c13-9-3-1-8(2-4-9)10-7-19-12-16-15-11(5-6-14)18(12)17-10/h1-4,7,17H,5-6,14H2. The fraction of sp³-hybridized carbons (Fsp3) is 0.167. The van der Waals surface area contributed by atoms with Crippen molar-refractivity contribution >= 4 is 17.5 Å². The van der Waals surface area contributed by atoms with Gasteiger partial charge in [-0.25, -0.2) is 9.07 Å². The van der Waals surface area contributed by atoms with Gasteiger partial charge < -0.3 is 5.73 Å². The molecule has 5 nitrogen and oxygen atoms in total. The van der Waals surface area contributed by atoms with Gasteiger partial charge in [0.05, 0.1) is 5.70 Å². The number of rotatable bonds is 3. The lowest BCUT2D eigenvalue weighted by Gasteiger charge is -2.18. The van der Waals surface area contributed by atoms with Crippen molar-refractivity contribution in [3.05, 3.63) is 46.9 Å². The maximum atomic E-state index is 12.9. The molecule has 1 aromatic heterocycles. The predicted molar refractivity (Wildman–Crippen MR) is 72.4 cm³/mol. The number of fused-ring (bicyclic) bond motifs is 1. The molecule has 0 amide bonds. The Balaban J connectivity index is 1.88. The van der Waals surface area contributed by atoms with Gasteiger partial charge in [-0.2, -0.15) is 0 Å². The van der Waals surface area contributed by atoms with E-state index in [0.29, 0.717) is 13.0 Å². The van der Waals surface area contributed by atoms with E-state index in [-0.39, 0.29) is 5.82 Å². The Labute approximate surface area is 113 Å². The van der Waals surface area contributed by atoms with E-state index in [1.807, 2.05) is 10.1 Å². The van der Waals surface area contributed by atoms with E-state index in [4.69, 9.17) is 5.73 Å². The maximum Gasteiger partial charge on any atom is 0.214 e. The summed E-state index contributed by atoms with van der Waals surface area (Å²) in [5, 5.41) is 10.9. The van der Waals surface area contributed by atoms with Crippen molar-refractivity contribution in [2.75, 3.05) is 12.0 Å². The molecule has 0 unspecified atom stereocenters. The number of benzene rings is 1. The van der Waals surface area contributed by atoms with Crippen LogP contribution in [0.1, 0.15) is 11.4 Å². The first-order chi connectivity index (χ1) is 9.28. The molecule has 7 heteroatoms. The first-order valence-electron chi connectivity index (χ1n) is 5.82. The van der Waals surface area contributed by atoms with Crippen LogP contribution < -0.4 is 11.2 Å². The monoisotopic (exact) mass is 277 g/mol. The summed E-state index contributed by atoms with van der Waals surface area (Å²) in [5.74, 6) is 0.541. The molecule has 0 saturated heterocycles. The second-order valence-corrected chi connectivity index (χ2v) is 4.88. The number of nitrogens with two attached hydrogens (primary N) is 1. The average molecular weight is 277 g/mol. The second-order valence-electron chi connectivity index (χ2n) is 4.04. The van der Waals surface area contributed by atoms with Crippen LogP contribution >= 0.6 is 11.8 Å². The van der Waals surface area contributed by atoms with Crippen LogP contribution in [0.4, 0.5) is 4.39 Å². The highest BCUT2D eigenvalue weighted by molar-refractivity contribution is 8.02. The van der Waals surface area contributed by atoms with Gasteiger partial charge in [-0.3, -0.25) is 5.43 Å². The van der Waals surface area contributed by atoms with Gasteiger partial charge >= 0.3 is 0 Å². The smallest absolute Gasteiger partial charge is 0.214 e. The van der Waals surface area contributed by atoms with Crippen molar-refractivity contribution in [1.82, 2.24) is 14.9 Å². The molecule has 3 N–H and O–H groups in total. The third kappa shape index (κ3) is 2.34. The zero-order chi connectivity index (χ0) is 13.2. The molecule has 19 heavy (non-hydrogen) atoms. The number of hydrogen-bond acceptors (Lipinski definition) is 5. The molecular formula is C12H12FN5S. The first-order valence-corrected chi connectivity index (χ1v) is 6.70. The van der Waals surface area contributed by atoms with Crippen molar-refractivity contribution < 1.29 is 4.39 Å². The SMILES string of the molecule is NCCc1nnc2n1NC(c1ccc(F)cc1)=CS2. The van der Waals surface area contributed by atoms with Gasteiger partial charge in [-0.15, -0.1) is 10.2 Å². The molecule has 0 fully saturated rings. The van der Waals surface area contributed by atoms with Crippen LogP contribution in [0.5, 0.6) is 0 Å². The molecule has 2 heterocycles. The summed E-state index contributed by atoms with van der Waals surface area (Å²) in [6.07, 6.45) is 0.650. The Morgan fingerprint density at radius 2 is 2.05 bits per heavy atom. The van der Waals surface area contributed by atoms with Crippen molar-refractivity contribution in [2.24, 2.45) is 5.73 Å². The van der Waals surface area contributed by atoms with Crippen molar-refractivity contribution in [3.8, 4) is 0 Å². The van der Waals surface area contributed by atoms with E-state index < -0.39 is 0 Å². The van der Waals surface area contributed by atoms with E-state index in [9.17, 15) is 4.39 Å². The molecule has 1 aliphatic rings. The summed E-state index contributed by atoms with van der Waals surface area (Å²) in [7, 11) is 0. The average Bonchev–Trinajstić information content (AvgIpc) is 2.83. The molecule has 0 atom stereocenters. The molecule has 0 aliphatic carbocycles. The number of hydrogen-bond donors (Lipinski definition) is 2. The Morgan fingerprint density at radius 1 is 1.26 bits per heavy atom. The van der Waals surface area contributed by atoms with Crippen molar-refractivity contribution in [3.63, 3.8) is 0 Å². The van der Waals surface area contributed by atoms with Gasteiger partial charge in [0.25, 0.3) is 0 Å². The van der Waals surface area contributed by atoms with Gasteiger partial charge in [0, 0.05) is 17.4 Å². The van der Waals surface area contributed by atoms with E-state index in [2.05, 4.69) is 15.6 Å². The zero-order valence-electron chi connectivity index (χ0n) is 10.0. The maximum absolute atomic E-state index is 12.9.